The summed E-state index contributed by atoms with van der Waals surface area (Å²) in [5.74, 6) is -0.851. The monoisotopic (exact) mass is 485 g/mol. The summed E-state index contributed by atoms with van der Waals surface area (Å²) in [6.07, 6.45) is 7.48. The molecule has 2 bridgehead atoms. The van der Waals surface area contributed by atoms with E-state index in [1.807, 2.05) is 0 Å². The molecule has 1 aliphatic heterocycles. The molecule has 5 rings (SSSR count). The topological polar surface area (TPSA) is 80.8 Å². The molecule has 4 aliphatic rings. The number of benzene rings is 1. The Bertz CT molecular complexity index is 933. The van der Waals surface area contributed by atoms with E-state index in [2.05, 4.69) is 28.1 Å². The van der Waals surface area contributed by atoms with Crippen LogP contribution in [0.2, 0.25) is 0 Å². The first kappa shape index (κ1) is 20.6. The van der Waals surface area contributed by atoms with Crippen LogP contribution in [0, 0.1) is 29.6 Å². The molecule has 1 aromatic rings. The second-order valence-corrected chi connectivity index (χ2v) is 10.0. The minimum Gasteiger partial charge on any atom is -0.457 e. The number of ketones is 1. The van der Waals surface area contributed by atoms with E-state index in [0.29, 0.717) is 31.2 Å². The van der Waals surface area contributed by atoms with Crippen molar-refractivity contribution in [3.05, 3.63) is 46.5 Å². The van der Waals surface area contributed by atoms with Crippen molar-refractivity contribution in [2.45, 2.75) is 38.1 Å². The van der Waals surface area contributed by atoms with Crippen LogP contribution in [0.25, 0.3) is 0 Å². The maximum atomic E-state index is 13.0. The van der Waals surface area contributed by atoms with Crippen LogP contribution in [-0.4, -0.2) is 41.1 Å². The molecule has 6 nitrogen and oxygen atoms in total. The normalized spacial score (nSPS) is 33.6. The number of ether oxygens (including phenoxy) is 1. The molecular formula is C24H24BrNO5. The quantitative estimate of drug-likeness (QED) is 0.275. The number of amides is 2. The molecule has 162 valence electrons. The predicted molar refractivity (Wildman–Crippen MR) is 115 cm³/mol. The Morgan fingerprint density at radius 2 is 1.52 bits per heavy atom. The first-order chi connectivity index (χ1) is 14.9. The summed E-state index contributed by atoms with van der Waals surface area (Å²) in [6.45, 7) is -0.275. The highest BCUT2D eigenvalue weighted by Gasteiger charge is 2.60. The minimum absolute atomic E-state index is 0.0158. The van der Waals surface area contributed by atoms with Crippen LogP contribution in [-0.2, 0) is 19.1 Å². The van der Waals surface area contributed by atoms with Gasteiger partial charge in [0.25, 0.3) is 0 Å². The lowest BCUT2D eigenvalue weighted by Crippen LogP contribution is -2.44. The largest absolute Gasteiger partial charge is 0.457 e. The van der Waals surface area contributed by atoms with Crippen molar-refractivity contribution in [2.24, 2.45) is 29.6 Å². The number of halogens is 1. The molecule has 7 heteroatoms. The second kappa shape index (κ2) is 8.01. The summed E-state index contributed by atoms with van der Waals surface area (Å²) in [5, 5.41) is 0. The highest BCUT2D eigenvalue weighted by Crippen LogP contribution is 2.53. The van der Waals surface area contributed by atoms with E-state index < -0.39 is 0 Å². The van der Waals surface area contributed by atoms with E-state index in [1.54, 1.807) is 24.3 Å². The summed E-state index contributed by atoms with van der Waals surface area (Å²) >= 11 is 3.32. The molecule has 31 heavy (non-hydrogen) atoms. The van der Waals surface area contributed by atoms with Gasteiger partial charge < -0.3 is 4.74 Å². The van der Waals surface area contributed by atoms with E-state index in [0.717, 1.165) is 10.9 Å². The summed E-state index contributed by atoms with van der Waals surface area (Å²) in [5.41, 5.74) is 0.500. The van der Waals surface area contributed by atoms with Crippen molar-refractivity contribution in [1.29, 1.82) is 0 Å². The maximum absolute atomic E-state index is 13.0. The SMILES string of the molecule is O=C(COC(=O)C1CCC(N2C(=O)[C@@H]3[C@@H](C2=O)[C@H]2C=C[C@H]3C2)CC1)c1ccc(Br)cc1. The zero-order chi connectivity index (χ0) is 21.7. The molecule has 0 radical (unpaired) electrons. The number of rotatable bonds is 5. The molecular weight excluding hydrogens is 462 g/mol. The number of hydrogen-bond acceptors (Lipinski definition) is 5. The molecule has 1 aromatic carbocycles. The van der Waals surface area contributed by atoms with Crippen molar-refractivity contribution in [3.63, 3.8) is 0 Å². The Balaban J connectivity index is 1.13. The molecule has 0 spiro atoms. The summed E-state index contributed by atoms with van der Waals surface area (Å²) in [4.78, 5) is 52.1. The Hall–Kier alpha value is -2.28. The van der Waals surface area contributed by atoms with Gasteiger partial charge in [-0.15, -0.1) is 0 Å². The lowest BCUT2D eigenvalue weighted by Gasteiger charge is -2.33. The Labute approximate surface area is 189 Å². The fourth-order valence-electron chi connectivity index (χ4n) is 5.83. The third-order valence-electron chi connectivity index (χ3n) is 7.41. The van der Waals surface area contributed by atoms with Gasteiger partial charge in [0.1, 0.15) is 0 Å². The fraction of sp³-hybridized carbons (Fsp3) is 0.500. The van der Waals surface area contributed by atoms with E-state index >= 15 is 0 Å². The first-order valence-corrected chi connectivity index (χ1v) is 11.7. The van der Waals surface area contributed by atoms with Gasteiger partial charge in [0, 0.05) is 16.1 Å². The number of nitrogens with zero attached hydrogens (tertiary/aromatic N) is 1. The molecule has 0 unspecified atom stereocenters. The van der Waals surface area contributed by atoms with Crippen LogP contribution >= 0.6 is 15.9 Å². The highest BCUT2D eigenvalue weighted by molar-refractivity contribution is 9.10. The number of esters is 1. The number of fused-ring (bicyclic) bond motifs is 5. The molecule has 1 saturated heterocycles. The van der Waals surface area contributed by atoms with Crippen molar-refractivity contribution < 1.29 is 23.9 Å². The van der Waals surface area contributed by atoms with Gasteiger partial charge in [-0.3, -0.25) is 24.1 Å². The third kappa shape index (κ3) is 3.56. The Morgan fingerprint density at radius 3 is 2.10 bits per heavy atom. The third-order valence-corrected chi connectivity index (χ3v) is 7.94. The number of imide groups is 1. The zero-order valence-corrected chi connectivity index (χ0v) is 18.6. The number of Topliss-reactive ketones (excluding diaryl/α,β-unsaturated/α-hetero) is 1. The molecule has 0 aromatic heterocycles. The van der Waals surface area contributed by atoms with Crippen molar-refractivity contribution in [1.82, 2.24) is 4.90 Å². The van der Waals surface area contributed by atoms with Crippen molar-refractivity contribution >= 4 is 39.5 Å². The molecule has 2 amide bonds. The molecule has 0 N–H and O–H groups in total. The van der Waals surface area contributed by atoms with E-state index in [-0.39, 0.29) is 65.8 Å². The number of carbonyl (C=O) groups excluding carboxylic acids is 4. The van der Waals surface area contributed by atoms with Crippen LogP contribution in [0.15, 0.2) is 40.9 Å². The van der Waals surface area contributed by atoms with Crippen molar-refractivity contribution in [2.75, 3.05) is 6.61 Å². The lowest BCUT2D eigenvalue weighted by atomic mass is 9.85. The summed E-state index contributed by atoms with van der Waals surface area (Å²) in [7, 11) is 0. The van der Waals surface area contributed by atoms with Gasteiger partial charge in [0.2, 0.25) is 11.8 Å². The molecule has 1 heterocycles. The summed E-state index contributed by atoms with van der Waals surface area (Å²) in [6, 6.07) is 6.79. The molecule has 2 saturated carbocycles. The number of likely N-dealkylation sites (tertiary alicyclic amines) is 1. The molecule has 4 atom stereocenters. The number of hydrogen-bond donors (Lipinski definition) is 0. The smallest absolute Gasteiger partial charge is 0.309 e. The average Bonchev–Trinajstić information content (AvgIpc) is 3.46. The van der Waals surface area contributed by atoms with Crippen LogP contribution in [0.3, 0.4) is 0 Å². The van der Waals surface area contributed by atoms with Crippen LogP contribution in [0.4, 0.5) is 0 Å². The van der Waals surface area contributed by atoms with E-state index in [4.69, 9.17) is 4.74 Å². The predicted octanol–water partition coefficient (Wildman–Crippen LogP) is 3.54. The van der Waals surface area contributed by atoms with Gasteiger partial charge in [0.15, 0.2) is 12.4 Å². The number of carbonyl (C=O) groups is 4. The Kier molecular flexibility index (Phi) is 5.32. The maximum Gasteiger partial charge on any atom is 0.309 e. The van der Waals surface area contributed by atoms with Crippen LogP contribution in [0.1, 0.15) is 42.5 Å². The van der Waals surface area contributed by atoms with Gasteiger partial charge in [-0.1, -0.05) is 40.2 Å². The second-order valence-electron chi connectivity index (χ2n) is 9.09. The zero-order valence-electron chi connectivity index (χ0n) is 17.0. The molecule has 3 aliphatic carbocycles. The van der Waals surface area contributed by atoms with Gasteiger partial charge in [-0.05, 0) is 56.1 Å². The molecule has 3 fully saturated rings. The van der Waals surface area contributed by atoms with Gasteiger partial charge in [-0.2, -0.15) is 0 Å². The first-order valence-electron chi connectivity index (χ1n) is 10.9. The van der Waals surface area contributed by atoms with Gasteiger partial charge >= 0.3 is 5.97 Å². The standard InChI is InChI=1S/C24H24BrNO5/c25-17-7-3-13(4-8-17)19(27)12-31-24(30)14-5-9-18(10-6-14)26-22(28)20-15-1-2-16(11-15)21(20)23(26)29/h1-4,7-8,14-16,18,20-21H,5-6,9-12H2/t14?,15-,16-,18?,20-,21-/m0/s1. The van der Waals surface area contributed by atoms with E-state index in [1.165, 1.54) is 4.90 Å². The van der Waals surface area contributed by atoms with Crippen LogP contribution < -0.4 is 0 Å². The van der Waals surface area contributed by atoms with Crippen molar-refractivity contribution in [3.8, 4) is 0 Å². The van der Waals surface area contributed by atoms with Gasteiger partial charge in [-0.25, -0.2) is 0 Å². The fourth-order valence-corrected chi connectivity index (χ4v) is 6.09. The summed E-state index contributed by atoms with van der Waals surface area (Å²) < 4.78 is 6.15. The van der Waals surface area contributed by atoms with Crippen LogP contribution in [0.5, 0.6) is 0 Å². The Morgan fingerprint density at radius 1 is 0.935 bits per heavy atom. The lowest BCUT2D eigenvalue weighted by molar-refractivity contribution is -0.149. The van der Waals surface area contributed by atoms with Gasteiger partial charge in [0.05, 0.1) is 17.8 Å². The highest BCUT2D eigenvalue weighted by atomic mass is 79.9. The minimum atomic E-state index is -0.373. The number of allylic oxidation sites excluding steroid dienone is 2. The van der Waals surface area contributed by atoms with E-state index in [9.17, 15) is 19.2 Å². The average molecular weight is 486 g/mol.